The minimum Gasteiger partial charge on any atom is -0.494 e. The van der Waals surface area contributed by atoms with Crippen molar-refractivity contribution in [2.24, 2.45) is 0 Å². The predicted molar refractivity (Wildman–Crippen MR) is 144 cm³/mol. The Morgan fingerprint density at radius 2 is 1.32 bits per heavy atom. The molecule has 0 saturated heterocycles. The number of nitrogens with zero attached hydrogens (tertiary/aromatic N) is 1. The van der Waals surface area contributed by atoms with E-state index in [-0.39, 0.29) is 0 Å². The van der Waals surface area contributed by atoms with Crippen LogP contribution in [0.3, 0.4) is 0 Å². The predicted octanol–water partition coefficient (Wildman–Crippen LogP) is 9.90. The van der Waals surface area contributed by atoms with E-state index in [4.69, 9.17) is 4.74 Å². The molecule has 1 aromatic heterocycles. The minimum absolute atomic E-state index is 0.598. The second-order valence-electron chi connectivity index (χ2n) is 9.74. The maximum absolute atomic E-state index is 14.2. The molecule has 2 rings (SSSR count). The van der Waals surface area contributed by atoms with Gasteiger partial charge in [0, 0.05) is 11.8 Å². The average molecular weight is 470 g/mol. The van der Waals surface area contributed by atoms with Crippen molar-refractivity contribution in [1.82, 2.24) is 4.98 Å². The maximum atomic E-state index is 14.2. The van der Waals surface area contributed by atoms with Gasteiger partial charge < -0.3 is 4.74 Å². The highest BCUT2D eigenvalue weighted by Crippen LogP contribution is 2.22. The molecule has 0 aliphatic heterocycles. The number of halogens is 1. The highest BCUT2D eigenvalue weighted by Gasteiger charge is 2.08. The highest BCUT2D eigenvalue weighted by atomic mass is 19.1. The number of rotatable bonds is 20. The molecule has 0 fully saturated rings. The van der Waals surface area contributed by atoms with E-state index >= 15 is 0 Å². The van der Waals surface area contributed by atoms with E-state index in [0.29, 0.717) is 12.8 Å². The van der Waals surface area contributed by atoms with Gasteiger partial charge in [-0.2, -0.15) is 0 Å². The molecule has 0 aliphatic rings. The fraction of sp³-hybridized carbons (Fsp3) is 0.645. The molecule has 1 atom stereocenters. The van der Waals surface area contributed by atoms with E-state index in [0.717, 1.165) is 48.4 Å². The number of benzene rings is 1. The van der Waals surface area contributed by atoms with Crippen LogP contribution in [-0.2, 0) is 6.42 Å². The number of hydrogen-bond acceptors (Lipinski definition) is 2. The molecule has 0 spiro atoms. The first-order valence-electron chi connectivity index (χ1n) is 14.0. The van der Waals surface area contributed by atoms with Crippen molar-refractivity contribution in [1.29, 1.82) is 0 Å². The van der Waals surface area contributed by atoms with Gasteiger partial charge in [0.15, 0.2) is 0 Å². The van der Waals surface area contributed by atoms with Gasteiger partial charge in [-0.3, -0.25) is 4.98 Å². The average Bonchev–Trinajstić information content (AvgIpc) is 2.87. The van der Waals surface area contributed by atoms with Crippen LogP contribution in [0.25, 0.3) is 11.3 Å². The summed E-state index contributed by atoms with van der Waals surface area (Å²) >= 11 is 0. The first-order valence-corrected chi connectivity index (χ1v) is 14.0. The number of ether oxygens (including phenoxy) is 1. The van der Waals surface area contributed by atoms with Crippen LogP contribution in [-0.4, -0.2) is 17.8 Å². The van der Waals surface area contributed by atoms with Gasteiger partial charge in [-0.05, 0) is 61.6 Å². The summed E-state index contributed by atoms with van der Waals surface area (Å²) in [5.41, 5.74) is 3.15. The molecule has 3 heteroatoms. The zero-order chi connectivity index (χ0) is 24.3. The zero-order valence-electron chi connectivity index (χ0n) is 21.9. The van der Waals surface area contributed by atoms with Gasteiger partial charge in [0.1, 0.15) is 11.9 Å². The number of unbranched alkanes of at least 4 members (excludes halogenated alkanes) is 11. The molecular weight excluding hydrogens is 421 g/mol. The topological polar surface area (TPSA) is 22.1 Å². The van der Waals surface area contributed by atoms with E-state index < -0.39 is 6.17 Å². The summed E-state index contributed by atoms with van der Waals surface area (Å²) in [5.74, 6) is 0.922. The van der Waals surface area contributed by atoms with Crippen LogP contribution in [0, 0.1) is 0 Å². The Kier molecular flexibility index (Phi) is 15.4. The van der Waals surface area contributed by atoms with Crippen LogP contribution in [0.4, 0.5) is 4.39 Å². The lowest BCUT2D eigenvalue weighted by atomic mass is 10.0. The second kappa shape index (κ2) is 18.4. The first-order chi connectivity index (χ1) is 16.7. The summed E-state index contributed by atoms with van der Waals surface area (Å²) in [4.78, 5) is 4.61. The van der Waals surface area contributed by atoms with Crippen molar-refractivity contribution in [3.63, 3.8) is 0 Å². The van der Waals surface area contributed by atoms with E-state index in [9.17, 15) is 4.39 Å². The lowest BCUT2D eigenvalue weighted by Gasteiger charge is -2.09. The fourth-order valence-corrected chi connectivity index (χ4v) is 4.33. The molecule has 0 bridgehead atoms. The largest absolute Gasteiger partial charge is 0.494 e. The van der Waals surface area contributed by atoms with E-state index in [1.54, 1.807) is 0 Å². The third-order valence-electron chi connectivity index (χ3n) is 6.61. The van der Waals surface area contributed by atoms with Crippen LogP contribution in [0.15, 0.2) is 42.6 Å². The summed E-state index contributed by atoms with van der Waals surface area (Å²) < 4.78 is 20.1. The minimum atomic E-state index is -0.695. The third kappa shape index (κ3) is 12.5. The first kappa shape index (κ1) is 28.3. The van der Waals surface area contributed by atoms with Crippen LogP contribution in [0.1, 0.15) is 116 Å². The van der Waals surface area contributed by atoms with Crippen LogP contribution in [0.2, 0.25) is 0 Å². The van der Waals surface area contributed by atoms with Crippen LogP contribution in [0.5, 0.6) is 5.75 Å². The third-order valence-corrected chi connectivity index (χ3v) is 6.61. The van der Waals surface area contributed by atoms with E-state index in [1.807, 2.05) is 24.4 Å². The SMILES string of the molecule is CCCCCCCCCOc1ccc(-c2ccc(CCC(F)CCCCCCCC)cn2)cc1. The molecular formula is C31H48FNO. The molecule has 190 valence electrons. The van der Waals surface area contributed by atoms with Crippen molar-refractivity contribution in [3.8, 4) is 17.0 Å². The Morgan fingerprint density at radius 3 is 1.94 bits per heavy atom. The Labute approximate surface area is 208 Å². The Morgan fingerprint density at radius 1 is 0.706 bits per heavy atom. The van der Waals surface area contributed by atoms with Gasteiger partial charge in [-0.25, -0.2) is 4.39 Å². The molecule has 0 radical (unpaired) electrons. The second-order valence-corrected chi connectivity index (χ2v) is 9.74. The number of aromatic nitrogens is 1. The number of hydrogen-bond donors (Lipinski definition) is 0. The molecule has 2 aromatic rings. The lowest BCUT2D eigenvalue weighted by Crippen LogP contribution is -2.02. The molecule has 0 saturated carbocycles. The summed E-state index contributed by atoms with van der Waals surface area (Å²) in [7, 11) is 0. The smallest absolute Gasteiger partial charge is 0.119 e. The van der Waals surface area contributed by atoms with Gasteiger partial charge in [0.05, 0.1) is 12.3 Å². The van der Waals surface area contributed by atoms with E-state index in [1.165, 1.54) is 70.6 Å². The number of alkyl halides is 1. The molecule has 0 N–H and O–H groups in total. The van der Waals surface area contributed by atoms with Crippen molar-refractivity contribution in [2.75, 3.05) is 6.61 Å². The van der Waals surface area contributed by atoms with E-state index in [2.05, 4.69) is 37.0 Å². The van der Waals surface area contributed by atoms with Crippen molar-refractivity contribution < 1.29 is 9.13 Å². The van der Waals surface area contributed by atoms with Crippen LogP contribution >= 0.6 is 0 Å². The number of aryl methyl sites for hydroxylation is 1. The van der Waals surface area contributed by atoms with Gasteiger partial charge in [-0.15, -0.1) is 0 Å². The van der Waals surface area contributed by atoms with Gasteiger partial charge in [-0.1, -0.05) is 97.0 Å². The Hall–Kier alpha value is -1.90. The molecule has 2 nitrogen and oxygen atoms in total. The summed E-state index contributed by atoms with van der Waals surface area (Å²) in [6.45, 7) is 5.27. The number of pyridine rings is 1. The lowest BCUT2D eigenvalue weighted by molar-refractivity contribution is 0.287. The highest BCUT2D eigenvalue weighted by molar-refractivity contribution is 5.60. The monoisotopic (exact) mass is 469 g/mol. The summed E-state index contributed by atoms with van der Waals surface area (Å²) in [6.07, 6.45) is 19.6. The van der Waals surface area contributed by atoms with Gasteiger partial charge in [0.25, 0.3) is 0 Å². The standard InChI is InChI=1S/C31H48FNO/c1-3-5-7-9-11-13-15-25-34-30-22-19-28(20-23-30)31-24-18-27(26-33-31)17-21-29(32)16-14-12-10-8-6-4-2/h18-20,22-24,26,29H,3-17,21,25H2,1-2H3. The van der Waals surface area contributed by atoms with Gasteiger partial charge in [0.2, 0.25) is 0 Å². The van der Waals surface area contributed by atoms with Crippen molar-refractivity contribution in [2.45, 2.75) is 123 Å². The molecule has 0 amide bonds. The van der Waals surface area contributed by atoms with Crippen LogP contribution < -0.4 is 4.74 Å². The molecule has 1 heterocycles. The van der Waals surface area contributed by atoms with Crippen molar-refractivity contribution >= 4 is 0 Å². The zero-order valence-corrected chi connectivity index (χ0v) is 21.9. The van der Waals surface area contributed by atoms with Crippen molar-refractivity contribution in [3.05, 3.63) is 48.2 Å². The molecule has 34 heavy (non-hydrogen) atoms. The Balaban J connectivity index is 1.63. The summed E-state index contributed by atoms with van der Waals surface area (Å²) in [6, 6.07) is 12.3. The normalized spacial score (nSPS) is 12.1. The fourth-order valence-electron chi connectivity index (χ4n) is 4.33. The maximum Gasteiger partial charge on any atom is 0.119 e. The molecule has 0 aliphatic carbocycles. The quantitative estimate of drug-likeness (QED) is 0.180. The molecule has 1 unspecified atom stereocenters. The summed E-state index contributed by atoms with van der Waals surface area (Å²) in [5, 5.41) is 0. The van der Waals surface area contributed by atoms with Gasteiger partial charge >= 0.3 is 0 Å². The Bertz CT molecular complexity index is 728. The molecule has 1 aromatic carbocycles.